The molecule has 0 aromatic heterocycles. The van der Waals surface area contributed by atoms with E-state index in [-0.39, 0.29) is 12.0 Å². The first-order valence-electron chi connectivity index (χ1n) is 6.14. The van der Waals surface area contributed by atoms with Crippen molar-refractivity contribution in [2.45, 2.75) is 58.0 Å². The lowest BCUT2D eigenvalue weighted by atomic mass is 9.85. The van der Waals surface area contributed by atoms with Gasteiger partial charge >= 0.3 is 0 Å². The maximum atomic E-state index is 11.7. The number of nitrogens with zero attached hydrogens (tertiary/aromatic N) is 1. The van der Waals surface area contributed by atoms with Gasteiger partial charge in [-0.05, 0) is 32.6 Å². The molecule has 1 atom stereocenters. The topological polar surface area (TPSA) is 82.0 Å². The molecule has 0 amide bonds. The van der Waals surface area contributed by atoms with Crippen LogP contribution in [-0.2, 0) is 10.2 Å². The fraction of sp³-hybridized carbons (Fsp3) is 0.909. The zero-order valence-corrected chi connectivity index (χ0v) is 11.3. The van der Waals surface area contributed by atoms with Gasteiger partial charge < -0.3 is 0 Å². The average molecular weight is 259 g/mol. The molecular formula is C11H21N3O2S. The van der Waals surface area contributed by atoms with Crippen LogP contribution in [0.5, 0.6) is 0 Å². The van der Waals surface area contributed by atoms with E-state index in [9.17, 15) is 8.42 Å². The molecule has 0 bridgehead atoms. The van der Waals surface area contributed by atoms with E-state index in [1.807, 2.05) is 0 Å². The third kappa shape index (κ3) is 5.02. The molecule has 1 aliphatic carbocycles. The summed E-state index contributed by atoms with van der Waals surface area (Å²) in [6.07, 6.45) is 5.22. The molecular weight excluding hydrogens is 238 g/mol. The van der Waals surface area contributed by atoms with Crippen LogP contribution in [0.3, 0.4) is 0 Å². The van der Waals surface area contributed by atoms with Crippen LogP contribution in [0, 0.1) is 17.2 Å². The van der Waals surface area contributed by atoms with Crippen LogP contribution in [0.4, 0.5) is 0 Å². The van der Waals surface area contributed by atoms with Crippen molar-refractivity contribution in [3.05, 3.63) is 0 Å². The molecule has 0 aliphatic heterocycles. The minimum absolute atomic E-state index is 0.150. The van der Waals surface area contributed by atoms with Crippen LogP contribution >= 0.6 is 0 Å². The summed E-state index contributed by atoms with van der Waals surface area (Å²) in [5, 5.41) is 9.07. The summed E-state index contributed by atoms with van der Waals surface area (Å²) in [4.78, 5) is 0. The Morgan fingerprint density at radius 2 is 1.76 bits per heavy atom. The molecule has 0 heterocycles. The predicted molar refractivity (Wildman–Crippen MR) is 66.3 cm³/mol. The Balaban J connectivity index is 2.60. The first-order valence-corrected chi connectivity index (χ1v) is 7.62. The van der Waals surface area contributed by atoms with Crippen molar-refractivity contribution in [3.63, 3.8) is 0 Å². The second-order valence-corrected chi connectivity index (χ2v) is 6.38. The Morgan fingerprint density at radius 3 is 2.24 bits per heavy atom. The highest BCUT2D eigenvalue weighted by Gasteiger charge is 2.27. The van der Waals surface area contributed by atoms with Gasteiger partial charge in [0, 0.05) is 6.04 Å². The number of nitrogens with one attached hydrogen (secondary N) is 2. The van der Waals surface area contributed by atoms with E-state index in [4.69, 9.17) is 5.26 Å². The third-order valence-electron chi connectivity index (χ3n) is 2.93. The molecule has 0 radical (unpaired) electrons. The summed E-state index contributed by atoms with van der Waals surface area (Å²) in [5.41, 5.74) is 0. The molecule has 0 aromatic carbocycles. The maximum Gasteiger partial charge on any atom is 0.278 e. The van der Waals surface area contributed by atoms with Crippen molar-refractivity contribution >= 4 is 10.2 Å². The number of hydrogen-bond donors (Lipinski definition) is 2. The van der Waals surface area contributed by atoms with Gasteiger partial charge in [0.05, 0.1) is 6.07 Å². The van der Waals surface area contributed by atoms with Crippen LogP contribution < -0.4 is 9.44 Å². The van der Waals surface area contributed by atoms with Gasteiger partial charge in [-0.2, -0.15) is 23.1 Å². The second kappa shape index (κ2) is 6.34. The van der Waals surface area contributed by atoms with Gasteiger partial charge in [-0.1, -0.05) is 19.3 Å². The summed E-state index contributed by atoms with van der Waals surface area (Å²) in [7, 11) is -3.56. The molecule has 98 valence electrons. The van der Waals surface area contributed by atoms with E-state index >= 15 is 0 Å². The molecule has 1 saturated carbocycles. The highest BCUT2D eigenvalue weighted by atomic mass is 32.2. The molecule has 1 rings (SSSR count). The Morgan fingerprint density at radius 1 is 1.18 bits per heavy atom. The van der Waals surface area contributed by atoms with E-state index in [0.717, 1.165) is 25.7 Å². The summed E-state index contributed by atoms with van der Waals surface area (Å²) in [6.45, 7) is 3.50. The number of rotatable bonds is 5. The largest absolute Gasteiger partial charge is 0.278 e. The SMILES string of the molecule is CC(C)NS(=O)(=O)NC(C#N)C1CCCCC1. The lowest BCUT2D eigenvalue weighted by Crippen LogP contribution is -2.47. The molecule has 6 heteroatoms. The van der Waals surface area contributed by atoms with Crippen molar-refractivity contribution in [2.24, 2.45) is 5.92 Å². The molecule has 0 aromatic rings. The quantitative estimate of drug-likeness (QED) is 0.780. The van der Waals surface area contributed by atoms with E-state index < -0.39 is 16.3 Å². The van der Waals surface area contributed by atoms with E-state index in [1.54, 1.807) is 13.8 Å². The van der Waals surface area contributed by atoms with E-state index in [1.165, 1.54) is 6.42 Å². The average Bonchev–Trinajstić information content (AvgIpc) is 2.25. The van der Waals surface area contributed by atoms with Crippen molar-refractivity contribution in [1.82, 2.24) is 9.44 Å². The van der Waals surface area contributed by atoms with E-state index in [0.29, 0.717) is 0 Å². The van der Waals surface area contributed by atoms with Crippen LogP contribution in [0.2, 0.25) is 0 Å². The normalized spacial score (nSPS) is 20.1. The molecule has 5 nitrogen and oxygen atoms in total. The standard InChI is InChI=1S/C11H21N3O2S/c1-9(2)13-17(15,16)14-11(8-12)10-6-4-3-5-7-10/h9-11,13-14H,3-7H2,1-2H3. The van der Waals surface area contributed by atoms with Crippen molar-refractivity contribution < 1.29 is 8.42 Å². The number of nitriles is 1. The summed E-state index contributed by atoms with van der Waals surface area (Å²) < 4.78 is 28.2. The summed E-state index contributed by atoms with van der Waals surface area (Å²) in [5.74, 6) is 0.150. The van der Waals surface area contributed by atoms with Crippen molar-refractivity contribution in [3.8, 4) is 6.07 Å². The fourth-order valence-electron chi connectivity index (χ4n) is 2.21. The van der Waals surface area contributed by atoms with Gasteiger partial charge in [0.2, 0.25) is 0 Å². The van der Waals surface area contributed by atoms with Gasteiger partial charge in [0.25, 0.3) is 10.2 Å². The zero-order chi connectivity index (χ0) is 12.9. The molecule has 2 N–H and O–H groups in total. The molecule has 1 fully saturated rings. The third-order valence-corrected chi connectivity index (χ3v) is 4.28. The minimum atomic E-state index is -3.56. The second-order valence-electron chi connectivity index (χ2n) is 4.90. The Kier molecular flexibility index (Phi) is 5.37. The van der Waals surface area contributed by atoms with E-state index in [2.05, 4.69) is 15.5 Å². The minimum Gasteiger partial charge on any atom is -0.200 e. The molecule has 1 aliphatic rings. The van der Waals surface area contributed by atoms with Crippen LogP contribution in [0.1, 0.15) is 46.0 Å². The predicted octanol–water partition coefficient (Wildman–Crippen LogP) is 1.29. The van der Waals surface area contributed by atoms with Gasteiger partial charge in [0.1, 0.15) is 6.04 Å². The van der Waals surface area contributed by atoms with Crippen molar-refractivity contribution in [1.29, 1.82) is 5.26 Å². The molecule has 0 spiro atoms. The fourth-order valence-corrected chi connectivity index (χ4v) is 3.48. The number of hydrogen-bond acceptors (Lipinski definition) is 3. The highest BCUT2D eigenvalue weighted by molar-refractivity contribution is 7.87. The lowest BCUT2D eigenvalue weighted by Gasteiger charge is -2.26. The monoisotopic (exact) mass is 259 g/mol. The first kappa shape index (κ1) is 14.4. The smallest absolute Gasteiger partial charge is 0.200 e. The Bertz CT molecular complexity index is 367. The van der Waals surface area contributed by atoms with Gasteiger partial charge in [-0.3, -0.25) is 0 Å². The van der Waals surface area contributed by atoms with Gasteiger partial charge in [-0.25, -0.2) is 0 Å². The Hall–Kier alpha value is -0.640. The molecule has 1 unspecified atom stereocenters. The summed E-state index contributed by atoms with van der Waals surface area (Å²) in [6, 6.07) is 1.30. The summed E-state index contributed by atoms with van der Waals surface area (Å²) >= 11 is 0. The lowest BCUT2D eigenvalue weighted by molar-refractivity contribution is 0.323. The van der Waals surface area contributed by atoms with Gasteiger partial charge in [-0.15, -0.1) is 0 Å². The van der Waals surface area contributed by atoms with Crippen LogP contribution in [-0.4, -0.2) is 20.5 Å². The zero-order valence-electron chi connectivity index (χ0n) is 10.4. The molecule has 0 saturated heterocycles. The highest BCUT2D eigenvalue weighted by Crippen LogP contribution is 2.26. The van der Waals surface area contributed by atoms with Crippen LogP contribution in [0.15, 0.2) is 0 Å². The van der Waals surface area contributed by atoms with Crippen molar-refractivity contribution in [2.75, 3.05) is 0 Å². The maximum absolute atomic E-state index is 11.7. The molecule has 17 heavy (non-hydrogen) atoms. The first-order chi connectivity index (χ1) is 7.94. The van der Waals surface area contributed by atoms with Gasteiger partial charge in [0.15, 0.2) is 0 Å². The van der Waals surface area contributed by atoms with Crippen LogP contribution in [0.25, 0.3) is 0 Å². The Labute approximate surface area is 104 Å².